The molecule has 1 rings (SSSR count). The van der Waals surface area contributed by atoms with E-state index in [1.54, 1.807) is 0 Å². The first-order chi connectivity index (χ1) is 7.15. The number of hydrogen-bond donors (Lipinski definition) is 2. The second-order valence-corrected chi connectivity index (χ2v) is 4.99. The molecule has 1 saturated carbocycles. The lowest BCUT2D eigenvalue weighted by atomic mass is 9.99. The van der Waals surface area contributed by atoms with E-state index in [1.807, 2.05) is 7.05 Å². The fraction of sp³-hybridized carbons (Fsp3) is 1.00. The summed E-state index contributed by atoms with van der Waals surface area (Å²) in [5, 5.41) is 12.5. The molecule has 0 amide bonds. The predicted octanol–water partition coefficient (Wildman–Crippen LogP) is 1.22. The average Bonchev–Trinajstić information content (AvgIpc) is 3.07. The molecule has 0 aliphatic heterocycles. The monoisotopic (exact) mass is 214 g/mol. The molecule has 0 aromatic rings. The second-order valence-electron chi connectivity index (χ2n) is 4.99. The smallest absolute Gasteiger partial charge is 0.0610 e. The van der Waals surface area contributed by atoms with Gasteiger partial charge in [-0.25, -0.2) is 0 Å². The molecule has 2 N–H and O–H groups in total. The van der Waals surface area contributed by atoms with Crippen molar-refractivity contribution in [3.8, 4) is 0 Å². The van der Waals surface area contributed by atoms with Crippen LogP contribution in [0.15, 0.2) is 0 Å². The highest BCUT2D eigenvalue weighted by molar-refractivity contribution is 4.88. The summed E-state index contributed by atoms with van der Waals surface area (Å²) in [4.78, 5) is 2.57. The van der Waals surface area contributed by atoms with Crippen LogP contribution in [-0.4, -0.2) is 48.3 Å². The largest absolute Gasteiger partial charge is 0.394 e. The zero-order valence-corrected chi connectivity index (χ0v) is 10.4. The van der Waals surface area contributed by atoms with E-state index in [9.17, 15) is 5.11 Å². The molecule has 0 heterocycles. The Morgan fingerprint density at radius 2 is 2.07 bits per heavy atom. The molecule has 1 aliphatic carbocycles. The molecule has 1 unspecified atom stereocenters. The number of nitrogens with one attached hydrogen (secondary N) is 1. The van der Waals surface area contributed by atoms with Crippen LogP contribution >= 0.6 is 0 Å². The Bertz CT molecular complexity index is 176. The first-order valence-electron chi connectivity index (χ1n) is 6.19. The van der Waals surface area contributed by atoms with Crippen molar-refractivity contribution >= 4 is 0 Å². The van der Waals surface area contributed by atoms with E-state index in [4.69, 9.17) is 0 Å². The van der Waals surface area contributed by atoms with Gasteiger partial charge in [0.15, 0.2) is 0 Å². The maximum absolute atomic E-state index is 9.30. The minimum absolute atomic E-state index is 0.110. The Morgan fingerprint density at radius 1 is 1.40 bits per heavy atom. The van der Waals surface area contributed by atoms with Crippen LogP contribution in [0.2, 0.25) is 0 Å². The molecule has 0 saturated heterocycles. The van der Waals surface area contributed by atoms with Gasteiger partial charge in [0.1, 0.15) is 0 Å². The fourth-order valence-electron chi connectivity index (χ4n) is 1.88. The van der Waals surface area contributed by atoms with Crippen molar-refractivity contribution in [2.45, 2.75) is 51.1 Å². The third kappa shape index (κ3) is 4.09. The lowest BCUT2D eigenvalue weighted by Crippen LogP contribution is -2.46. The maximum Gasteiger partial charge on any atom is 0.0610 e. The molecule has 0 aromatic heterocycles. The van der Waals surface area contributed by atoms with Gasteiger partial charge in [-0.1, -0.05) is 6.92 Å². The van der Waals surface area contributed by atoms with E-state index in [2.05, 4.69) is 24.1 Å². The molecule has 15 heavy (non-hydrogen) atoms. The molecule has 1 atom stereocenters. The number of rotatable bonds is 8. The van der Waals surface area contributed by atoms with Crippen LogP contribution in [0.4, 0.5) is 0 Å². The molecule has 0 bridgehead atoms. The minimum Gasteiger partial charge on any atom is -0.394 e. The van der Waals surface area contributed by atoms with Crippen LogP contribution in [-0.2, 0) is 0 Å². The number of aliphatic hydroxyl groups excluding tert-OH is 1. The van der Waals surface area contributed by atoms with Crippen LogP contribution in [0, 0.1) is 0 Å². The van der Waals surface area contributed by atoms with Crippen molar-refractivity contribution in [1.29, 1.82) is 0 Å². The highest BCUT2D eigenvalue weighted by Gasteiger charge is 2.30. The first kappa shape index (κ1) is 12.9. The zero-order valence-electron chi connectivity index (χ0n) is 10.4. The highest BCUT2D eigenvalue weighted by Crippen LogP contribution is 2.27. The van der Waals surface area contributed by atoms with Crippen molar-refractivity contribution in [2.75, 3.05) is 26.7 Å². The van der Waals surface area contributed by atoms with Crippen LogP contribution in [0.1, 0.15) is 39.5 Å². The Morgan fingerprint density at radius 3 is 2.47 bits per heavy atom. The molecule has 3 nitrogen and oxygen atoms in total. The molecular weight excluding hydrogens is 188 g/mol. The molecule has 0 aromatic carbocycles. The van der Waals surface area contributed by atoms with Crippen LogP contribution in [0.3, 0.4) is 0 Å². The fourth-order valence-corrected chi connectivity index (χ4v) is 1.88. The number of nitrogens with zero attached hydrogens (tertiary/aromatic N) is 1. The third-order valence-electron chi connectivity index (χ3n) is 3.48. The Kier molecular flexibility index (Phi) is 5.03. The summed E-state index contributed by atoms with van der Waals surface area (Å²) < 4.78 is 0. The van der Waals surface area contributed by atoms with Gasteiger partial charge in [-0.2, -0.15) is 0 Å². The Hall–Kier alpha value is -0.120. The molecular formula is C12H26N2O. The highest BCUT2D eigenvalue weighted by atomic mass is 16.3. The van der Waals surface area contributed by atoms with E-state index < -0.39 is 0 Å². The van der Waals surface area contributed by atoms with Crippen molar-refractivity contribution in [2.24, 2.45) is 0 Å². The number of aliphatic hydroxyl groups is 1. The SMILES string of the molecule is CCCN(CCC(C)(CO)NC)C1CC1. The van der Waals surface area contributed by atoms with Crippen molar-refractivity contribution < 1.29 is 5.11 Å². The van der Waals surface area contributed by atoms with E-state index in [0.717, 1.165) is 19.0 Å². The summed E-state index contributed by atoms with van der Waals surface area (Å²) in [5.41, 5.74) is -0.110. The maximum atomic E-state index is 9.30. The summed E-state index contributed by atoms with van der Waals surface area (Å²) in [6.45, 7) is 6.85. The second kappa shape index (κ2) is 5.83. The van der Waals surface area contributed by atoms with E-state index >= 15 is 0 Å². The van der Waals surface area contributed by atoms with E-state index in [0.29, 0.717) is 0 Å². The van der Waals surface area contributed by atoms with Gasteiger partial charge in [0.05, 0.1) is 6.61 Å². The van der Waals surface area contributed by atoms with Crippen molar-refractivity contribution in [3.05, 3.63) is 0 Å². The van der Waals surface area contributed by atoms with Gasteiger partial charge in [-0.3, -0.25) is 0 Å². The molecule has 1 aliphatic rings. The van der Waals surface area contributed by atoms with Crippen molar-refractivity contribution in [1.82, 2.24) is 10.2 Å². The zero-order chi connectivity index (χ0) is 11.3. The van der Waals surface area contributed by atoms with Crippen LogP contribution in [0.25, 0.3) is 0 Å². The molecule has 3 heteroatoms. The van der Waals surface area contributed by atoms with Gasteiger partial charge in [0, 0.05) is 18.1 Å². The number of likely N-dealkylation sites (N-methyl/N-ethyl adjacent to an activating group) is 1. The first-order valence-corrected chi connectivity index (χ1v) is 6.19. The topological polar surface area (TPSA) is 35.5 Å². The van der Waals surface area contributed by atoms with Gasteiger partial charge < -0.3 is 15.3 Å². The molecule has 90 valence electrons. The summed E-state index contributed by atoms with van der Waals surface area (Å²) in [6.07, 6.45) is 4.99. The normalized spacial score (nSPS) is 20.6. The Labute approximate surface area is 93.9 Å². The summed E-state index contributed by atoms with van der Waals surface area (Å²) in [6, 6.07) is 0.838. The van der Waals surface area contributed by atoms with Crippen LogP contribution < -0.4 is 5.32 Å². The van der Waals surface area contributed by atoms with Crippen LogP contribution in [0.5, 0.6) is 0 Å². The summed E-state index contributed by atoms with van der Waals surface area (Å²) >= 11 is 0. The standard InChI is InChI=1S/C12H26N2O/c1-4-8-14(11-5-6-11)9-7-12(2,10-15)13-3/h11,13,15H,4-10H2,1-3H3. The number of hydrogen-bond acceptors (Lipinski definition) is 3. The Balaban J connectivity index is 2.31. The minimum atomic E-state index is -0.110. The summed E-state index contributed by atoms with van der Waals surface area (Å²) in [7, 11) is 1.93. The van der Waals surface area contributed by atoms with Gasteiger partial charge in [-0.05, 0) is 46.2 Å². The van der Waals surface area contributed by atoms with Gasteiger partial charge in [-0.15, -0.1) is 0 Å². The van der Waals surface area contributed by atoms with E-state index in [-0.39, 0.29) is 12.1 Å². The lowest BCUT2D eigenvalue weighted by Gasteiger charge is -2.30. The summed E-state index contributed by atoms with van der Waals surface area (Å²) in [5.74, 6) is 0. The van der Waals surface area contributed by atoms with E-state index in [1.165, 1.54) is 25.8 Å². The van der Waals surface area contributed by atoms with Gasteiger partial charge >= 0.3 is 0 Å². The quantitative estimate of drug-likeness (QED) is 0.638. The predicted molar refractivity (Wildman–Crippen MR) is 64.1 cm³/mol. The van der Waals surface area contributed by atoms with Crippen molar-refractivity contribution in [3.63, 3.8) is 0 Å². The van der Waals surface area contributed by atoms with Gasteiger partial charge in [0.25, 0.3) is 0 Å². The third-order valence-corrected chi connectivity index (χ3v) is 3.48. The molecule has 0 radical (unpaired) electrons. The molecule has 1 fully saturated rings. The lowest BCUT2D eigenvalue weighted by molar-refractivity contribution is 0.149. The average molecular weight is 214 g/mol. The van der Waals surface area contributed by atoms with Gasteiger partial charge in [0.2, 0.25) is 0 Å². The molecule has 0 spiro atoms.